The van der Waals surface area contributed by atoms with Gasteiger partial charge in [0.2, 0.25) is 0 Å². The van der Waals surface area contributed by atoms with Crippen LogP contribution in [0.25, 0.3) is 0 Å². The molecule has 7 heteroatoms. The Hall–Kier alpha value is -1.34. The first-order valence-corrected chi connectivity index (χ1v) is 8.01. The second-order valence-electron chi connectivity index (χ2n) is 4.63. The highest BCUT2D eigenvalue weighted by molar-refractivity contribution is 9.10. The van der Waals surface area contributed by atoms with Crippen molar-refractivity contribution in [3.8, 4) is 0 Å². The van der Waals surface area contributed by atoms with Crippen molar-refractivity contribution in [2.24, 2.45) is 0 Å². The van der Waals surface area contributed by atoms with Crippen LogP contribution in [-0.2, 0) is 0 Å². The van der Waals surface area contributed by atoms with Crippen LogP contribution in [0.4, 0.5) is 0 Å². The third-order valence-electron chi connectivity index (χ3n) is 3.06. The summed E-state index contributed by atoms with van der Waals surface area (Å²) in [7, 11) is 0. The van der Waals surface area contributed by atoms with E-state index >= 15 is 0 Å². The Balaban J connectivity index is 1.71. The predicted molar refractivity (Wildman–Crippen MR) is 80.3 cm³/mol. The summed E-state index contributed by atoms with van der Waals surface area (Å²) < 4.78 is 2.53. The second kappa shape index (κ2) is 5.57. The van der Waals surface area contributed by atoms with Crippen molar-refractivity contribution >= 4 is 33.5 Å². The number of Topliss-reactive ketones (excluding diaryl/α,β-unsaturated/α-hetero) is 1. The van der Waals surface area contributed by atoms with E-state index in [9.17, 15) is 9.59 Å². The van der Waals surface area contributed by atoms with Crippen molar-refractivity contribution in [1.82, 2.24) is 14.8 Å². The van der Waals surface area contributed by atoms with Crippen molar-refractivity contribution in [3.05, 3.63) is 44.8 Å². The summed E-state index contributed by atoms with van der Waals surface area (Å²) in [6.07, 6.45) is 2.01. The zero-order chi connectivity index (χ0) is 14.1. The van der Waals surface area contributed by atoms with Gasteiger partial charge in [-0.1, -0.05) is 39.8 Å². The molecular weight excluding hydrogens is 342 g/mol. The zero-order valence-corrected chi connectivity index (χ0v) is 12.9. The number of hydrogen-bond acceptors (Lipinski definition) is 4. The number of carbonyl (C=O) groups excluding carboxylic acids is 1. The molecule has 0 radical (unpaired) electrons. The Morgan fingerprint density at radius 3 is 3.00 bits per heavy atom. The molecule has 104 valence electrons. The Bertz CT molecular complexity index is 706. The molecule has 0 spiro atoms. The molecule has 5 nitrogen and oxygen atoms in total. The number of rotatable bonds is 5. The molecule has 0 amide bonds. The van der Waals surface area contributed by atoms with Crippen LogP contribution in [0.15, 0.2) is 38.7 Å². The molecule has 1 N–H and O–H groups in total. The molecule has 0 saturated heterocycles. The zero-order valence-electron chi connectivity index (χ0n) is 10.5. The van der Waals surface area contributed by atoms with Gasteiger partial charge in [-0.05, 0) is 25.0 Å². The first kappa shape index (κ1) is 13.6. The van der Waals surface area contributed by atoms with Crippen LogP contribution < -0.4 is 5.69 Å². The minimum atomic E-state index is -0.190. The van der Waals surface area contributed by atoms with Crippen LogP contribution in [0.5, 0.6) is 0 Å². The van der Waals surface area contributed by atoms with E-state index in [0.29, 0.717) is 10.7 Å². The molecule has 1 fully saturated rings. The Labute approximate surface area is 127 Å². The highest BCUT2D eigenvalue weighted by Gasteiger charge is 2.28. The predicted octanol–water partition coefficient (Wildman–Crippen LogP) is 2.64. The van der Waals surface area contributed by atoms with E-state index in [1.54, 1.807) is 16.7 Å². The van der Waals surface area contributed by atoms with E-state index in [0.717, 1.165) is 17.3 Å². The van der Waals surface area contributed by atoms with E-state index in [1.165, 1.54) is 11.8 Å². The number of aromatic amines is 1. The topological polar surface area (TPSA) is 67.8 Å². The van der Waals surface area contributed by atoms with Crippen LogP contribution in [0.2, 0.25) is 0 Å². The summed E-state index contributed by atoms with van der Waals surface area (Å²) in [4.78, 5) is 23.7. The lowest BCUT2D eigenvalue weighted by Crippen LogP contribution is -2.16. The molecule has 0 atom stereocenters. The van der Waals surface area contributed by atoms with Gasteiger partial charge in [-0.3, -0.25) is 9.36 Å². The van der Waals surface area contributed by atoms with E-state index in [1.807, 2.05) is 12.1 Å². The molecule has 0 aliphatic heterocycles. The van der Waals surface area contributed by atoms with E-state index in [-0.39, 0.29) is 23.3 Å². The second-order valence-corrected chi connectivity index (χ2v) is 6.49. The third kappa shape index (κ3) is 2.88. The van der Waals surface area contributed by atoms with Gasteiger partial charge in [-0.25, -0.2) is 9.89 Å². The molecule has 3 rings (SSSR count). The van der Waals surface area contributed by atoms with Crippen LogP contribution in [0.1, 0.15) is 29.2 Å². The normalized spacial score (nSPS) is 14.4. The Morgan fingerprint density at radius 1 is 1.50 bits per heavy atom. The number of thioether (sulfide) groups is 1. The van der Waals surface area contributed by atoms with Crippen molar-refractivity contribution in [2.45, 2.75) is 24.0 Å². The fraction of sp³-hybridized carbons (Fsp3) is 0.308. The van der Waals surface area contributed by atoms with Gasteiger partial charge in [0.05, 0.1) is 5.75 Å². The Morgan fingerprint density at radius 2 is 2.30 bits per heavy atom. The lowest BCUT2D eigenvalue weighted by molar-refractivity contribution is 0.102. The van der Waals surface area contributed by atoms with Gasteiger partial charge in [0.15, 0.2) is 10.9 Å². The van der Waals surface area contributed by atoms with Gasteiger partial charge in [-0.2, -0.15) is 0 Å². The number of hydrogen-bond donors (Lipinski definition) is 1. The molecule has 2 aromatic rings. The first-order valence-electron chi connectivity index (χ1n) is 6.23. The minimum Gasteiger partial charge on any atom is -0.293 e. The monoisotopic (exact) mass is 353 g/mol. The smallest absolute Gasteiger partial charge is 0.293 e. The molecule has 1 aromatic carbocycles. The van der Waals surface area contributed by atoms with Crippen molar-refractivity contribution in [2.75, 3.05) is 5.75 Å². The average Bonchev–Trinajstić information content (AvgIpc) is 3.20. The number of ketones is 1. The lowest BCUT2D eigenvalue weighted by Gasteiger charge is -2.03. The molecule has 20 heavy (non-hydrogen) atoms. The first-order chi connectivity index (χ1) is 9.65. The van der Waals surface area contributed by atoms with Crippen LogP contribution >= 0.6 is 27.7 Å². The molecule has 1 aliphatic rings. The molecule has 1 aromatic heterocycles. The molecule has 1 heterocycles. The maximum atomic E-state index is 12.1. The standard InChI is InChI=1S/C13H12BrN3O2S/c14-9-3-1-2-8(6-9)11(18)7-20-13-16-15-12(19)17(13)10-4-5-10/h1-3,6,10H,4-5,7H2,(H,15,19). The van der Waals surface area contributed by atoms with Gasteiger partial charge in [-0.15, -0.1) is 5.10 Å². The van der Waals surface area contributed by atoms with Gasteiger partial charge in [0.25, 0.3) is 0 Å². The van der Waals surface area contributed by atoms with Gasteiger partial charge in [0.1, 0.15) is 0 Å². The highest BCUT2D eigenvalue weighted by atomic mass is 79.9. The van der Waals surface area contributed by atoms with E-state index < -0.39 is 0 Å². The van der Waals surface area contributed by atoms with Crippen molar-refractivity contribution in [1.29, 1.82) is 0 Å². The third-order valence-corrected chi connectivity index (χ3v) is 4.51. The summed E-state index contributed by atoms with van der Waals surface area (Å²) in [6.45, 7) is 0. The summed E-state index contributed by atoms with van der Waals surface area (Å²) in [5.74, 6) is 0.294. The molecule has 1 saturated carbocycles. The highest BCUT2D eigenvalue weighted by Crippen LogP contribution is 2.36. The maximum Gasteiger partial charge on any atom is 0.344 e. The van der Waals surface area contributed by atoms with Gasteiger partial charge >= 0.3 is 5.69 Å². The number of aromatic nitrogens is 3. The van der Waals surface area contributed by atoms with Gasteiger partial charge in [0, 0.05) is 16.1 Å². The number of halogens is 1. The molecule has 1 aliphatic carbocycles. The summed E-state index contributed by atoms with van der Waals surface area (Å²) >= 11 is 4.65. The average molecular weight is 354 g/mol. The van der Waals surface area contributed by atoms with E-state index in [2.05, 4.69) is 26.1 Å². The number of nitrogens with one attached hydrogen (secondary N) is 1. The number of nitrogens with zero attached hydrogens (tertiary/aromatic N) is 2. The van der Waals surface area contributed by atoms with Crippen molar-refractivity contribution < 1.29 is 4.79 Å². The van der Waals surface area contributed by atoms with Crippen LogP contribution in [0.3, 0.4) is 0 Å². The summed E-state index contributed by atoms with van der Waals surface area (Å²) in [5.41, 5.74) is 0.465. The van der Waals surface area contributed by atoms with Crippen LogP contribution in [0, 0.1) is 0 Å². The maximum absolute atomic E-state index is 12.1. The summed E-state index contributed by atoms with van der Waals surface area (Å²) in [6, 6.07) is 7.54. The number of benzene rings is 1. The number of H-pyrrole nitrogens is 1. The summed E-state index contributed by atoms with van der Waals surface area (Å²) in [5, 5.41) is 7.03. The van der Waals surface area contributed by atoms with E-state index in [4.69, 9.17) is 0 Å². The quantitative estimate of drug-likeness (QED) is 0.662. The van der Waals surface area contributed by atoms with Crippen molar-refractivity contribution in [3.63, 3.8) is 0 Å². The largest absolute Gasteiger partial charge is 0.344 e. The van der Waals surface area contributed by atoms with Gasteiger partial charge < -0.3 is 0 Å². The van der Waals surface area contributed by atoms with Crippen LogP contribution in [-0.4, -0.2) is 26.3 Å². The Kier molecular flexibility index (Phi) is 3.80. The number of carbonyl (C=O) groups is 1. The minimum absolute atomic E-state index is 0.0223. The fourth-order valence-electron chi connectivity index (χ4n) is 1.92. The molecular formula is C13H12BrN3O2S. The molecule has 0 bridgehead atoms. The molecule has 0 unspecified atom stereocenters. The SMILES string of the molecule is O=C(CSc1n[nH]c(=O)n1C1CC1)c1cccc(Br)c1. The fourth-order valence-corrected chi connectivity index (χ4v) is 3.23. The lowest BCUT2D eigenvalue weighted by atomic mass is 10.2.